The van der Waals surface area contributed by atoms with Crippen molar-refractivity contribution in [1.82, 2.24) is 4.31 Å². The van der Waals surface area contributed by atoms with E-state index in [2.05, 4.69) is 10.6 Å². The topological polar surface area (TPSA) is 97.0 Å². The standard InChI is InChI=1S/C21H25N3O5S/c1-15(22-17-6-9-19-20(14-17)29-13-12-28-19)21(25)23-16-4-7-18(8-5-16)30(26,27)24-10-2-3-11-24/h4-9,14-15,22H,2-3,10-13H2,1H3,(H,23,25). The lowest BCUT2D eigenvalue weighted by molar-refractivity contribution is -0.116. The zero-order chi connectivity index (χ0) is 21.1. The molecule has 1 saturated heterocycles. The molecule has 0 radical (unpaired) electrons. The highest BCUT2D eigenvalue weighted by Crippen LogP contribution is 2.32. The fourth-order valence-electron chi connectivity index (χ4n) is 3.49. The molecule has 2 aromatic carbocycles. The van der Waals surface area contributed by atoms with Gasteiger partial charge in [0, 0.05) is 30.5 Å². The Balaban J connectivity index is 1.37. The molecule has 2 aromatic rings. The van der Waals surface area contributed by atoms with Gasteiger partial charge in [0.1, 0.15) is 19.3 Å². The van der Waals surface area contributed by atoms with Crippen LogP contribution in [-0.4, -0.2) is 51.0 Å². The van der Waals surface area contributed by atoms with Gasteiger partial charge in [-0.3, -0.25) is 4.79 Å². The van der Waals surface area contributed by atoms with Crippen molar-refractivity contribution in [3.63, 3.8) is 0 Å². The van der Waals surface area contributed by atoms with Crippen LogP contribution in [0.15, 0.2) is 47.4 Å². The van der Waals surface area contributed by atoms with Gasteiger partial charge < -0.3 is 20.1 Å². The molecule has 0 bridgehead atoms. The smallest absolute Gasteiger partial charge is 0.246 e. The minimum absolute atomic E-state index is 0.236. The molecule has 2 N–H and O–H groups in total. The van der Waals surface area contributed by atoms with E-state index in [1.54, 1.807) is 31.2 Å². The van der Waals surface area contributed by atoms with Gasteiger partial charge in [-0.05, 0) is 56.2 Å². The van der Waals surface area contributed by atoms with Gasteiger partial charge >= 0.3 is 0 Å². The number of amides is 1. The lowest BCUT2D eigenvalue weighted by Crippen LogP contribution is -2.32. The molecule has 1 unspecified atom stereocenters. The van der Waals surface area contributed by atoms with Crippen LogP contribution in [0.25, 0.3) is 0 Å². The maximum Gasteiger partial charge on any atom is 0.246 e. The van der Waals surface area contributed by atoms with E-state index < -0.39 is 16.1 Å². The van der Waals surface area contributed by atoms with E-state index in [9.17, 15) is 13.2 Å². The number of nitrogens with zero attached hydrogens (tertiary/aromatic N) is 1. The molecule has 1 atom stereocenters. The molecule has 160 valence electrons. The van der Waals surface area contributed by atoms with E-state index in [1.165, 1.54) is 16.4 Å². The highest BCUT2D eigenvalue weighted by molar-refractivity contribution is 7.89. The molecule has 2 aliphatic rings. The van der Waals surface area contributed by atoms with Crippen molar-refractivity contribution >= 4 is 27.3 Å². The summed E-state index contributed by atoms with van der Waals surface area (Å²) in [5.41, 5.74) is 1.28. The summed E-state index contributed by atoms with van der Waals surface area (Å²) in [4.78, 5) is 12.8. The monoisotopic (exact) mass is 431 g/mol. The molecular weight excluding hydrogens is 406 g/mol. The summed E-state index contributed by atoms with van der Waals surface area (Å²) in [7, 11) is -3.46. The van der Waals surface area contributed by atoms with E-state index in [1.807, 2.05) is 6.07 Å². The van der Waals surface area contributed by atoms with Crippen LogP contribution in [0, 0.1) is 0 Å². The van der Waals surface area contributed by atoms with Gasteiger partial charge in [-0.2, -0.15) is 4.31 Å². The molecule has 30 heavy (non-hydrogen) atoms. The second-order valence-corrected chi connectivity index (χ2v) is 9.29. The summed E-state index contributed by atoms with van der Waals surface area (Å²) < 4.78 is 37.7. The molecule has 2 aliphatic heterocycles. The maximum atomic E-state index is 12.6. The molecular formula is C21H25N3O5S. The Morgan fingerprint density at radius 1 is 0.967 bits per heavy atom. The molecule has 1 amide bonds. The third-order valence-electron chi connectivity index (χ3n) is 5.14. The maximum absolute atomic E-state index is 12.6. The first-order valence-corrected chi connectivity index (χ1v) is 11.4. The first kappa shape index (κ1) is 20.5. The lowest BCUT2D eigenvalue weighted by atomic mass is 10.2. The van der Waals surface area contributed by atoms with Crippen molar-refractivity contribution in [1.29, 1.82) is 0 Å². The number of ether oxygens (including phenoxy) is 2. The minimum atomic E-state index is -3.46. The number of hydrogen-bond acceptors (Lipinski definition) is 6. The zero-order valence-electron chi connectivity index (χ0n) is 16.8. The average Bonchev–Trinajstić information content (AvgIpc) is 3.30. The van der Waals surface area contributed by atoms with Crippen LogP contribution >= 0.6 is 0 Å². The van der Waals surface area contributed by atoms with Crippen LogP contribution in [0.4, 0.5) is 11.4 Å². The predicted molar refractivity (Wildman–Crippen MR) is 114 cm³/mol. The second-order valence-electron chi connectivity index (χ2n) is 7.35. The number of nitrogens with one attached hydrogen (secondary N) is 2. The van der Waals surface area contributed by atoms with Crippen LogP contribution in [0.5, 0.6) is 11.5 Å². The molecule has 8 nitrogen and oxygen atoms in total. The highest BCUT2D eigenvalue weighted by Gasteiger charge is 2.27. The molecule has 0 aromatic heterocycles. The van der Waals surface area contributed by atoms with Gasteiger partial charge in [0.25, 0.3) is 0 Å². The van der Waals surface area contributed by atoms with Crippen molar-refractivity contribution in [3.05, 3.63) is 42.5 Å². The molecule has 2 heterocycles. The summed E-state index contributed by atoms with van der Waals surface area (Å²) >= 11 is 0. The third-order valence-corrected chi connectivity index (χ3v) is 7.06. The molecule has 9 heteroatoms. The number of carbonyl (C=O) groups is 1. The van der Waals surface area contributed by atoms with E-state index >= 15 is 0 Å². The predicted octanol–water partition coefficient (Wildman–Crippen LogP) is 2.68. The van der Waals surface area contributed by atoms with Gasteiger partial charge in [-0.15, -0.1) is 0 Å². The van der Waals surface area contributed by atoms with E-state index in [-0.39, 0.29) is 10.8 Å². The summed E-state index contributed by atoms with van der Waals surface area (Å²) in [5, 5.41) is 5.94. The molecule has 4 rings (SSSR count). The number of sulfonamides is 1. The van der Waals surface area contributed by atoms with Gasteiger partial charge in [0.15, 0.2) is 11.5 Å². The molecule has 0 saturated carbocycles. The molecule has 0 spiro atoms. The van der Waals surface area contributed by atoms with Crippen LogP contribution in [0.1, 0.15) is 19.8 Å². The Morgan fingerprint density at radius 3 is 2.30 bits per heavy atom. The third kappa shape index (κ3) is 4.36. The number of fused-ring (bicyclic) bond motifs is 1. The Bertz CT molecular complexity index is 1020. The Morgan fingerprint density at radius 2 is 1.60 bits per heavy atom. The quantitative estimate of drug-likeness (QED) is 0.730. The fourth-order valence-corrected chi connectivity index (χ4v) is 5.00. The van der Waals surface area contributed by atoms with Crippen LogP contribution in [-0.2, 0) is 14.8 Å². The Labute approximate surface area is 176 Å². The fraction of sp³-hybridized carbons (Fsp3) is 0.381. The number of rotatable bonds is 6. The number of benzene rings is 2. The minimum Gasteiger partial charge on any atom is -0.486 e. The summed E-state index contributed by atoms with van der Waals surface area (Å²) in [6.07, 6.45) is 1.78. The summed E-state index contributed by atoms with van der Waals surface area (Å²) in [6.45, 7) is 3.89. The van der Waals surface area contributed by atoms with Crippen molar-refractivity contribution in [2.75, 3.05) is 36.9 Å². The van der Waals surface area contributed by atoms with Gasteiger partial charge in [-0.25, -0.2) is 8.42 Å². The van der Waals surface area contributed by atoms with Gasteiger partial charge in [0.05, 0.1) is 4.90 Å². The van der Waals surface area contributed by atoms with E-state index in [0.717, 1.165) is 18.5 Å². The van der Waals surface area contributed by atoms with E-state index in [4.69, 9.17) is 9.47 Å². The van der Waals surface area contributed by atoms with Crippen molar-refractivity contribution in [3.8, 4) is 11.5 Å². The van der Waals surface area contributed by atoms with Crippen molar-refractivity contribution in [2.24, 2.45) is 0 Å². The largest absolute Gasteiger partial charge is 0.486 e. The molecule has 1 fully saturated rings. The Hall–Kier alpha value is -2.78. The highest BCUT2D eigenvalue weighted by atomic mass is 32.2. The second kappa shape index (κ2) is 8.53. The first-order valence-electron chi connectivity index (χ1n) is 10.0. The first-order chi connectivity index (χ1) is 14.4. The normalized spacial score (nSPS) is 17.4. The van der Waals surface area contributed by atoms with E-state index in [0.29, 0.717) is 43.5 Å². The van der Waals surface area contributed by atoms with Gasteiger partial charge in [-0.1, -0.05) is 0 Å². The number of anilines is 2. The van der Waals surface area contributed by atoms with Gasteiger partial charge in [0.2, 0.25) is 15.9 Å². The SMILES string of the molecule is CC(Nc1ccc2c(c1)OCCO2)C(=O)Nc1ccc(S(=O)(=O)N2CCCC2)cc1. The van der Waals surface area contributed by atoms with Crippen LogP contribution < -0.4 is 20.1 Å². The van der Waals surface area contributed by atoms with Crippen molar-refractivity contribution < 1.29 is 22.7 Å². The molecule has 0 aliphatic carbocycles. The number of carbonyl (C=O) groups excluding carboxylic acids is 1. The van der Waals surface area contributed by atoms with Crippen LogP contribution in [0.3, 0.4) is 0 Å². The zero-order valence-corrected chi connectivity index (χ0v) is 17.6. The van der Waals surface area contributed by atoms with Crippen LogP contribution in [0.2, 0.25) is 0 Å². The Kier molecular flexibility index (Phi) is 5.83. The summed E-state index contributed by atoms with van der Waals surface area (Å²) in [6, 6.07) is 11.2. The average molecular weight is 432 g/mol. The number of hydrogen-bond donors (Lipinski definition) is 2. The van der Waals surface area contributed by atoms with Crippen molar-refractivity contribution in [2.45, 2.75) is 30.7 Å². The lowest BCUT2D eigenvalue weighted by Gasteiger charge is -2.20. The summed E-state index contributed by atoms with van der Waals surface area (Å²) in [5.74, 6) is 1.10.